The highest BCUT2D eigenvalue weighted by Crippen LogP contribution is 2.17. The first kappa shape index (κ1) is 13.8. The van der Waals surface area contributed by atoms with Crippen molar-refractivity contribution in [1.29, 1.82) is 0 Å². The predicted octanol–water partition coefficient (Wildman–Crippen LogP) is 0.904. The van der Waals surface area contributed by atoms with Gasteiger partial charge in [-0.3, -0.25) is 4.79 Å². The number of morpholine rings is 1. The van der Waals surface area contributed by atoms with Crippen molar-refractivity contribution in [2.24, 2.45) is 5.73 Å². The van der Waals surface area contributed by atoms with E-state index in [2.05, 4.69) is 0 Å². The molecule has 0 aliphatic carbocycles. The van der Waals surface area contributed by atoms with Crippen LogP contribution in [0.15, 0.2) is 12.1 Å². The summed E-state index contributed by atoms with van der Waals surface area (Å²) in [5.41, 5.74) is 5.27. The average Bonchev–Trinajstić information content (AvgIpc) is 2.43. The van der Waals surface area contributed by atoms with Gasteiger partial charge in [0.15, 0.2) is 17.5 Å². The zero-order valence-corrected chi connectivity index (χ0v) is 10.0. The first-order chi connectivity index (χ1) is 9.04. The van der Waals surface area contributed by atoms with Crippen LogP contribution in [-0.4, -0.2) is 43.2 Å². The molecule has 1 heterocycles. The van der Waals surface area contributed by atoms with Gasteiger partial charge in [-0.1, -0.05) is 0 Å². The molecule has 1 aromatic carbocycles. The van der Waals surface area contributed by atoms with Gasteiger partial charge in [0.2, 0.25) is 0 Å². The Hall–Kier alpha value is -1.60. The maximum Gasteiger partial charge on any atom is 0.254 e. The van der Waals surface area contributed by atoms with Crippen molar-refractivity contribution in [1.82, 2.24) is 4.90 Å². The quantitative estimate of drug-likeness (QED) is 0.815. The second-order valence-corrected chi connectivity index (χ2v) is 4.22. The topological polar surface area (TPSA) is 55.6 Å². The van der Waals surface area contributed by atoms with Gasteiger partial charge in [-0.05, 0) is 12.1 Å². The van der Waals surface area contributed by atoms with Gasteiger partial charge in [-0.15, -0.1) is 0 Å². The van der Waals surface area contributed by atoms with Crippen LogP contribution in [0.25, 0.3) is 0 Å². The lowest BCUT2D eigenvalue weighted by Crippen LogP contribution is -2.52. The van der Waals surface area contributed by atoms with Crippen LogP contribution in [0.4, 0.5) is 13.2 Å². The van der Waals surface area contributed by atoms with E-state index >= 15 is 0 Å². The van der Waals surface area contributed by atoms with Crippen molar-refractivity contribution in [2.45, 2.75) is 6.04 Å². The predicted molar refractivity (Wildman–Crippen MR) is 61.0 cm³/mol. The minimum atomic E-state index is -1.59. The minimum Gasteiger partial charge on any atom is -0.377 e. The molecule has 0 bridgehead atoms. The summed E-state index contributed by atoms with van der Waals surface area (Å²) in [5, 5.41) is 0. The lowest BCUT2D eigenvalue weighted by molar-refractivity contribution is 0.000785. The van der Waals surface area contributed by atoms with Crippen LogP contribution in [0.2, 0.25) is 0 Å². The van der Waals surface area contributed by atoms with Gasteiger partial charge in [0.1, 0.15) is 0 Å². The summed E-state index contributed by atoms with van der Waals surface area (Å²) in [4.78, 5) is 13.5. The van der Waals surface area contributed by atoms with Crippen LogP contribution >= 0.6 is 0 Å². The number of carbonyl (C=O) groups excluding carboxylic acids is 1. The fourth-order valence-electron chi connectivity index (χ4n) is 1.96. The van der Waals surface area contributed by atoms with E-state index in [1.165, 1.54) is 4.90 Å². The van der Waals surface area contributed by atoms with Crippen LogP contribution < -0.4 is 5.73 Å². The number of halogens is 3. The molecule has 1 saturated heterocycles. The van der Waals surface area contributed by atoms with Gasteiger partial charge in [-0.25, -0.2) is 13.2 Å². The molecule has 2 N–H and O–H groups in total. The molecule has 1 aromatic rings. The SMILES string of the molecule is NCC1COCCN1C(=O)c1cc(F)c(F)c(F)c1. The third-order valence-electron chi connectivity index (χ3n) is 2.99. The Morgan fingerprint density at radius 1 is 1.37 bits per heavy atom. The molecule has 1 aliphatic rings. The molecular weight excluding hydrogens is 261 g/mol. The number of nitrogens with two attached hydrogens (primary N) is 1. The summed E-state index contributed by atoms with van der Waals surface area (Å²) in [6, 6.07) is 1.02. The zero-order valence-electron chi connectivity index (χ0n) is 10.0. The van der Waals surface area contributed by atoms with Crippen molar-refractivity contribution in [2.75, 3.05) is 26.3 Å². The van der Waals surface area contributed by atoms with E-state index in [9.17, 15) is 18.0 Å². The van der Waals surface area contributed by atoms with E-state index in [4.69, 9.17) is 10.5 Å². The Kier molecular flexibility index (Phi) is 4.06. The fraction of sp³-hybridized carbons (Fsp3) is 0.417. The molecule has 1 amide bonds. The van der Waals surface area contributed by atoms with Gasteiger partial charge in [0.25, 0.3) is 5.91 Å². The second-order valence-electron chi connectivity index (χ2n) is 4.22. The number of amides is 1. The van der Waals surface area contributed by atoms with E-state index in [-0.39, 0.29) is 31.3 Å². The number of nitrogens with zero attached hydrogens (tertiary/aromatic N) is 1. The van der Waals surface area contributed by atoms with E-state index in [0.717, 1.165) is 0 Å². The molecule has 2 rings (SSSR count). The first-order valence-corrected chi connectivity index (χ1v) is 5.78. The zero-order chi connectivity index (χ0) is 14.0. The minimum absolute atomic E-state index is 0.178. The lowest BCUT2D eigenvalue weighted by Gasteiger charge is -2.34. The Morgan fingerprint density at radius 3 is 2.58 bits per heavy atom. The van der Waals surface area contributed by atoms with E-state index in [1.54, 1.807) is 0 Å². The van der Waals surface area contributed by atoms with Crippen molar-refractivity contribution in [3.8, 4) is 0 Å². The van der Waals surface area contributed by atoms with Crippen LogP contribution in [0.1, 0.15) is 10.4 Å². The van der Waals surface area contributed by atoms with E-state index < -0.39 is 23.4 Å². The van der Waals surface area contributed by atoms with Crippen LogP contribution in [0, 0.1) is 17.5 Å². The van der Waals surface area contributed by atoms with Crippen molar-refractivity contribution >= 4 is 5.91 Å². The first-order valence-electron chi connectivity index (χ1n) is 5.78. The molecule has 1 atom stereocenters. The highest BCUT2D eigenvalue weighted by atomic mass is 19.2. The molecule has 1 unspecified atom stereocenters. The summed E-state index contributed by atoms with van der Waals surface area (Å²) in [7, 11) is 0. The largest absolute Gasteiger partial charge is 0.377 e. The maximum absolute atomic E-state index is 13.1. The van der Waals surface area contributed by atoms with Crippen molar-refractivity contribution in [3.05, 3.63) is 35.1 Å². The van der Waals surface area contributed by atoms with Crippen molar-refractivity contribution in [3.63, 3.8) is 0 Å². The van der Waals surface area contributed by atoms with E-state index in [0.29, 0.717) is 18.7 Å². The molecular formula is C12H13F3N2O2. The Balaban J connectivity index is 2.28. The molecule has 0 saturated carbocycles. The number of benzene rings is 1. The molecule has 1 fully saturated rings. The third kappa shape index (κ3) is 2.71. The standard InChI is InChI=1S/C12H13F3N2O2/c13-9-3-7(4-10(14)11(9)15)12(18)17-1-2-19-6-8(17)5-16/h3-4,8H,1-2,5-6,16H2. The van der Waals surface area contributed by atoms with Gasteiger partial charge >= 0.3 is 0 Å². The molecule has 0 radical (unpaired) electrons. The van der Waals surface area contributed by atoms with Gasteiger partial charge in [0.05, 0.1) is 19.3 Å². The number of carbonyl (C=O) groups is 1. The van der Waals surface area contributed by atoms with Crippen LogP contribution in [0.3, 0.4) is 0 Å². The molecule has 1 aliphatic heterocycles. The second kappa shape index (κ2) is 5.58. The van der Waals surface area contributed by atoms with Crippen LogP contribution in [-0.2, 0) is 4.74 Å². The molecule has 4 nitrogen and oxygen atoms in total. The molecule has 7 heteroatoms. The molecule has 0 spiro atoms. The van der Waals surface area contributed by atoms with Gasteiger partial charge < -0.3 is 15.4 Å². The Morgan fingerprint density at radius 2 is 2.00 bits per heavy atom. The Bertz CT molecular complexity index is 473. The highest BCUT2D eigenvalue weighted by molar-refractivity contribution is 5.94. The Labute approximate surface area is 107 Å². The molecule has 19 heavy (non-hydrogen) atoms. The highest BCUT2D eigenvalue weighted by Gasteiger charge is 2.28. The summed E-state index contributed by atoms with van der Waals surface area (Å²) >= 11 is 0. The molecule has 0 aromatic heterocycles. The average molecular weight is 274 g/mol. The normalized spacial score (nSPS) is 19.6. The smallest absolute Gasteiger partial charge is 0.254 e. The lowest BCUT2D eigenvalue weighted by atomic mass is 10.1. The van der Waals surface area contributed by atoms with E-state index in [1.807, 2.05) is 0 Å². The summed E-state index contributed by atoms with van der Waals surface area (Å²) < 4.78 is 44.2. The number of rotatable bonds is 2. The third-order valence-corrected chi connectivity index (χ3v) is 2.99. The van der Waals surface area contributed by atoms with Gasteiger partial charge in [-0.2, -0.15) is 0 Å². The summed E-state index contributed by atoms with van der Waals surface area (Å²) in [6.45, 7) is 1.06. The number of hydrogen-bond donors (Lipinski definition) is 1. The van der Waals surface area contributed by atoms with Gasteiger partial charge in [0, 0.05) is 18.7 Å². The summed E-state index contributed by atoms with van der Waals surface area (Å²) in [6.07, 6.45) is 0. The molecule has 104 valence electrons. The maximum atomic E-state index is 13.1. The van der Waals surface area contributed by atoms with Crippen LogP contribution in [0.5, 0.6) is 0 Å². The monoisotopic (exact) mass is 274 g/mol. The summed E-state index contributed by atoms with van der Waals surface area (Å²) in [5.74, 6) is -4.95. The fourth-order valence-corrected chi connectivity index (χ4v) is 1.96. The number of hydrogen-bond acceptors (Lipinski definition) is 3. The van der Waals surface area contributed by atoms with Crippen molar-refractivity contribution < 1.29 is 22.7 Å². The number of ether oxygens (including phenoxy) is 1.